The van der Waals surface area contributed by atoms with Crippen molar-refractivity contribution in [2.24, 2.45) is 0 Å². The lowest BCUT2D eigenvalue weighted by Gasteiger charge is -2.12. The van der Waals surface area contributed by atoms with E-state index in [-0.39, 0.29) is 41.6 Å². The molecular formula is C12H3Cl7O. The fourth-order valence-electron chi connectivity index (χ4n) is 1.35. The summed E-state index contributed by atoms with van der Waals surface area (Å²) in [6, 6.07) is 4.40. The molecule has 0 fully saturated rings. The molecule has 0 unspecified atom stereocenters. The van der Waals surface area contributed by atoms with Gasteiger partial charge < -0.3 is 4.74 Å². The zero-order valence-corrected chi connectivity index (χ0v) is 14.6. The van der Waals surface area contributed by atoms with Crippen molar-refractivity contribution < 1.29 is 4.74 Å². The number of halogens is 7. The van der Waals surface area contributed by atoms with Gasteiger partial charge in [-0.2, -0.15) is 0 Å². The molecule has 0 bridgehead atoms. The Hall–Kier alpha value is 0.270. The summed E-state index contributed by atoms with van der Waals surface area (Å²) in [6.07, 6.45) is 0. The molecule has 0 aliphatic carbocycles. The van der Waals surface area contributed by atoms with E-state index in [1.54, 1.807) is 0 Å². The largest absolute Gasteiger partial charge is 0.454 e. The van der Waals surface area contributed by atoms with Gasteiger partial charge >= 0.3 is 0 Å². The van der Waals surface area contributed by atoms with E-state index in [0.29, 0.717) is 5.02 Å². The Kier molecular flexibility index (Phi) is 5.47. The van der Waals surface area contributed by atoms with Gasteiger partial charge in [0.1, 0.15) is 21.5 Å². The molecule has 0 aliphatic heterocycles. The maximum atomic E-state index is 6.04. The van der Waals surface area contributed by atoms with Crippen LogP contribution in [-0.4, -0.2) is 0 Å². The number of rotatable bonds is 2. The Bertz CT molecular complexity index is 684. The van der Waals surface area contributed by atoms with Crippen molar-refractivity contribution in [1.82, 2.24) is 0 Å². The third-order valence-electron chi connectivity index (χ3n) is 2.25. The van der Waals surface area contributed by atoms with Crippen LogP contribution in [0, 0.1) is 0 Å². The summed E-state index contributed by atoms with van der Waals surface area (Å²) < 4.78 is 5.56. The molecule has 8 heteroatoms. The number of benzene rings is 2. The van der Waals surface area contributed by atoms with Crippen LogP contribution in [0.3, 0.4) is 0 Å². The van der Waals surface area contributed by atoms with Crippen LogP contribution in [0.5, 0.6) is 11.5 Å². The van der Waals surface area contributed by atoms with E-state index >= 15 is 0 Å². The maximum Gasteiger partial charge on any atom is 0.149 e. The molecule has 2 rings (SSSR count). The van der Waals surface area contributed by atoms with E-state index in [9.17, 15) is 0 Å². The van der Waals surface area contributed by atoms with E-state index < -0.39 is 0 Å². The molecule has 2 aromatic rings. The van der Waals surface area contributed by atoms with Gasteiger partial charge in [0, 0.05) is 17.2 Å². The fraction of sp³-hybridized carbons (Fsp3) is 0. The first-order valence-electron chi connectivity index (χ1n) is 4.96. The molecule has 0 aliphatic rings. The molecule has 0 radical (unpaired) electrons. The van der Waals surface area contributed by atoms with Crippen molar-refractivity contribution in [2.75, 3.05) is 0 Å². The van der Waals surface area contributed by atoms with E-state index in [1.807, 2.05) is 0 Å². The number of hydrogen-bond donors (Lipinski definition) is 0. The lowest BCUT2D eigenvalue weighted by Crippen LogP contribution is -1.89. The first-order chi connectivity index (χ1) is 9.31. The average molecular weight is 411 g/mol. The molecule has 1 nitrogen and oxygen atoms in total. The minimum atomic E-state index is 0.0834. The van der Waals surface area contributed by atoms with Gasteiger partial charge in [0.25, 0.3) is 0 Å². The molecular weight excluding hydrogens is 408 g/mol. The van der Waals surface area contributed by atoms with Crippen molar-refractivity contribution >= 4 is 81.2 Å². The summed E-state index contributed by atoms with van der Waals surface area (Å²) in [5, 5.41) is 1.32. The molecule has 0 aromatic heterocycles. The maximum absolute atomic E-state index is 6.04. The molecule has 20 heavy (non-hydrogen) atoms. The van der Waals surface area contributed by atoms with Gasteiger partial charge in [-0.1, -0.05) is 81.2 Å². The Labute approximate surface area is 150 Å². The molecule has 0 heterocycles. The Morgan fingerprint density at radius 3 is 1.75 bits per heavy atom. The topological polar surface area (TPSA) is 9.23 Å². The predicted molar refractivity (Wildman–Crippen MR) is 88.0 cm³/mol. The van der Waals surface area contributed by atoms with Gasteiger partial charge in [-0.25, -0.2) is 0 Å². The van der Waals surface area contributed by atoms with E-state index in [2.05, 4.69) is 0 Å². The van der Waals surface area contributed by atoms with Crippen LogP contribution in [0.25, 0.3) is 0 Å². The van der Waals surface area contributed by atoms with Gasteiger partial charge in [0.05, 0.1) is 20.1 Å². The van der Waals surface area contributed by atoms with Crippen LogP contribution in [-0.2, 0) is 0 Å². The molecule has 0 amide bonds. The molecule has 2 aromatic carbocycles. The normalized spacial score (nSPS) is 10.8. The van der Waals surface area contributed by atoms with Crippen molar-refractivity contribution in [3.8, 4) is 11.5 Å². The summed E-state index contributed by atoms with van der Waals surface area (Å²) in [6.45, 7) is 0. The van der Waals surface area contributed by atoms with Crippen molar-refractivity contribution in [3.05, 3.63) is 53.4 Å². The predicted octanol–water partition coefficient (Wildman–Crippen LogP) is 8.05. The first kappa shape index (κ1) is 16.6. The average Bonchev–Trinajstić information content (AvgIpc) is 2.39. The second kappa shape index (κ2) is 6.58. The number of ether oxygens (including phenoxy) is 1. The van der Waals surface area contributed by atoms with Crippen LogP contribution < -0.4 is 4.74 Å². The number of hydrogen-bond acceptors (Lipinski definition) is 1. The van der Waals surface area contributed by atoms with Gasteiger partial charge in [-0.15, -0.1) is 0 Å². The highest BCUT2D eigenvalue weighted by atomic mass is 35.5. The lowest BCUT2D eigenvalue weighted by molar-refractivity contribution is 0.483. The zero-order valence-electron chi connectivity index (χ0n) is 9.29. The zero-order chi connectivity index (χ0) is 15.0. The second-order valence-corrected chi connectivity index (χ2v) is 6.36. The van der Waals surface area contributed by atoms with E-state index in [0.717, 1.165) is 0 Å². The highest BCUT2D eigenvalue weighted by Gasteiger charge is 2.17. The Morgan fingerprint density at radius 2 is 1.10 bits per heavy atom. The molecule has 0 atom stereocenters. The van der Waals surface area contributed by atoms with Crippen LogP contribution in [0.1, 0.15) is 0 Å². The highest BCUT2D eigenvalue weighted by molar-refractivity contribution is 6.52. The standard InChI is InChI=1S/C12H3Cl7O/c13-4-1-5(14)9(16)7(2-4)20-8-3-6(15)10(17)12(19)11(8)18/h1-3H. The lowest BCUT2D eigenvalue weighted by atomic mass is 10.3. The SMILES string of the molecule is Clc1cc(Cl)c(Cl)c(Oc2cc(Cl)c(Cl)c(Cl)c2Cl)c1. The van der Waals surface area contributed by atoms with E-state index in [4.69, 9.17) is 85.9 Å². The minimum absolute atomic E-state index is 0.0834. The quantitative estimate of drug-likeness (QED) is 0.359. The van der Waals surface area contributed by atoms with Crippen LogP contribution in [0.15, 0.2) is 18.2 Å². The van der Waals surface area contributed by atoms with Crippen LogP contribution in [0.2, 0.25) is 35.2 Å². The third kappa shape index (κ3) is 3.36. The molecule has 0 spiro atoms. The Balaban J connectivity index is 2.51. The fourth-order valence-corrected chi connectivity index (χ4v) is 2.79. The summed E-state index contributed by atoms with van der Waals surface area (Å²) in [4.78, 5) is 0. The molecule has 0 saturated carbocycles. The van der Waals surface area contributed by atoms with Crippen molar-refractivity contribution in [2.45, 2.75) is 0 Å². The summed E-state index contributed by atoms with van der Waals surface area (Å²) in [5.74, 6) is 0.409. The first-order valence-corrected chi connectivity index (χ1v) is 7.61. The highest BCUT2D eigenvalue weighted by Crippen LogP contribution is 2.45. The smallest absolute Gasteiger partial charge is 0.149 e. The van der Waals surface area contributed by atoms with Crippen LogP contribution >= 0.6 is 81.2 Å². The van der Waals surface area contributed by atoms with Crippen LogP contribution in [0.4, 0.5) is 0 Å². The monoisotopic (exact) mass is 408 g/mol. The third-order valence-corrected chi connectivity index (χ3v) is 4.99. The van der Waals surface area contributed by atoms with E-state index in [1.165, 1.54) is 18.2 Å². The van der Waals surface area contributed by atoms with Gasteiger partial charge in [-0.05, 0) is 6.07 Å². The van der Waals surface area contributed by atoms with Crippen molar-refractivity contribution in [1.29, 1.82) is 0 Å². The van der Waals surface area contributed by atoms with Gasteiger partial charge in [-0.3, -0.25) is 0 Å². The molecule has 0 N–H and O–H groups in total. The second-order valence-electron chi connectivity index (χ2n) is 3.60. The molecule has 0 saturated heterocycles. The summed E-state index contributed by atoms with van der Waals surface area (Å²) in [5.41, 5.74) is 0. The summed E-state index contributed by atoms with van der Waals surface area (Å²) >= 11 is 41.6. The Morgan fingerprint density at radius 1 is 0.550 bits per heavy atom. The van der Waals surface area contributed by atoms with Gasteiger partial charge in [0.15, 0.2) is 0 Å². The molecule has 106 valence electrons. The van der Waals surface area contributed by atoms with Crippen molar-refractivity contribution in [3.63, 3.8) is 0 Å². The minimum Gasteiger partial charge on any atom is -0.454 e. The van der Waals surface area contributed by atoms with Gasteiger partial charge in [0.2, 0.25) is 0 Å². The summed E-state index contributed by atoms with van der Waals surface area (Å²) in [7, 11) is 0.